The van der Waals surface area contributed by atoms with Gasteiger partial charge in [0.25, 0.3) is 15.9 Å². The van der Waals surface area contributed by atoms with Gasteiger partial charge >= 0.3 is 0 Å². The number of hydrogen-bond acceptors (Lipinski definition) is 3. The van der Waals surface area contributed by atoms with Crippen LogP contribution in [-0.2, 0) is 14.8 Å². The van der Waals surface area contributed by atoms with Crippen LogP contribution in [0, 0.1) is 13.8 Å². The van der Waals surface area contributed by atoms with Crippen molar-refractivity contribution in [1.29, 1.82) is 0 Å². The third kappa shape index (κ3) is 4.56. The van der Waals surface area contributed by atoms with Crippen molar-refractivity contribution >= 4 is 27.6 Å². The molecule has 0 aliphatic heterocycles. The molecule has 0 saturated heterocycles. The first-order valence-electron chi connectivity index (χ1n) is 8.83. The Morgan fingerprint density at radius 2 is 1.43 bits per heavy atom. The predicted octanol–water partition coefficient (Wildman–Crippen LogP) is 4.35. The van der Waals surface area contributed by atoms with Crippen LogP contribution in [-0.4, -0.2) is 14.3 Å². The Kier molecular flexibility index (Phi) is 5.76. The second-order valence-electron chi connectivity index (χ2n) is 6.53. The van der Waals surface area contributed by atoms with Crippen LogP contribution in [0.3, 0.4) is 0 Å². The first kappa shape index (κ1) is 19.6. The standard InChI is InChI=1S/C23H21NO3S/c1-17-12-14-21(15-13-17)28(26,27)24-23(25)22(19-9-4-3-5-10-19)16-20-11-7-6-8-18(20)2/h3-16H,1-2H3,(H,24,25)/b22-16+. The highest BCUT2D eigenvalue weighted by molar-refractivity contribution is 7.90. The minimum Gasteiger partial charge on any atom is -0.268 e. The van der Waals surface area contributed by atoms with Crippen LogP contribution in [0.1, 0.15) is 22.3 Å². The average Bonchev–Trinajstić information content (AvgIpc) is 2.68. The number of benzene rings is 3. The normalized spacial score (nSPS) is 11.9. The molecule has 0 heterocycles. The summed E-state index contributed by atoms with van der Waals surface area (Å²) in [5.41, 5.74) is 3.71. The maximum absolute atomic E-state index is 13.0. The van der Waals surface area contributed by atoms with Gasteiger partial charge in [-0.2, -0.15) is 0 Å². The number of sulfonamides is 1. The van der Waals surface area contributed by atoms with Gasteiger partial charge in [0, 0.05) is 5.57 Å². The van der Waals surface area contributed by atoms with Crippen molar-refractivity contribution in [2.24, 2.45) is 0 Å². The van der Waals surface area contributed by atoms with Crippen LogP contribution in [0.2, 0.25) is 0 Å². The van der Waals surface area contributed by atoms with E-state index in [1.165, 1.54) is 12.1 Å². The van der Waals surface area contributed by atoms with Gasteiger partial charge in [0.2, 0.25) is 0 Å². The summed E-state index contributed by atoms with van der Waals surface area (Å²) in [6.45, 7) is 3.81. The lowest BCUT2D eigenvalue weighted by Gasteiger charge is -2.11. The minimum atomic E-state index is -3.97. The van der Waals surface area contributed by atoms with E-state index in [1.807, 2.05) is 56.3 Å². The molecule has 0 spiro atoms. The fourth-order valence-electron chi connectivity index (χ4n) is 2.76. The number of amides is 1. The topological polar surface area (TPSA) is 63.2 Å². The van der Waals surface area contributed by atoms with E-state index >= 15 is 0 Å². The highest BCUT2D eigenvalue weighted by atomic mass is 32.2. The SMILES string of the molecule is Cc1ccc(S(=O)(=O)NC(=O)/C(=C/c2ccccc2C)c2ccccc2)cc1. The molecule has 4 nitrogen and oxygen atoms in total. The first-order chi connectivity index (χ1) is 13.4. The van der Waals surface area contributed by atoms with Gasteiger partial charge in [0.05, 0.1) is 4.90 Å². The van der Waals surface area contributed by atoms with E-state index in [9.17, 15) is 13.2 Å². The Balaban J connectivity index is 2.00. The van der Waals surface area contributed by atoms with Crippen molar-refractivity contribution in [2.45, 2.75) is 18.7 Å². The molecule has 0 bridgehead atoms. The summed E-state index contributed by atoms with van der Waals surface area (Å²) in [7, 11) is -3.97. The molecule has 142 valence electrons. The second kappa shape index (κ2) is 8.23. The van der Waals surface area contributed by atoms with E-state index in [4.69, 9.17) is 0 Å². The summed E-state index contributed by atoms with van der Waals surface area (Å²) in [5.74, 6) is -0.671. The molecule has 5 heteroatoms. The van der Waals surface area contributed by atoms with E-state index in [0.29, 0.717) is 5.56 Å². The van der Waals surface area contributed by atoms with Crippen molar-refractivity contribution in [3.8, 4) is 0 Å². The van der Waals surface area contributed by atoms with Crippen LogP contribution in [0.5, 0.6) is 0 Å². The van der Waals surface area contributed by atoms with Gasteiger partial charge in [-0.15, -0.1) is 0 Å². The summed E-state index contributed by atoms with van der Waals surface area (Å²) in [6.07, 6.45) is 1.71. The van der Waals surface area contributed by atoms with E-state index < -0.39 is 15.9 Å². The van der Waals surface area contributed by atoms with Crippen LogP contribution < -0.4 is 4.72 Å². The van der Waals surface area contributed by atoms with Crippen molar-refractivity contribution in [1.82, 2.24) is 4.72 Å². The van der Waals surface area contributed by atoms with Crippen LogP contribution in [0.25, 0.3) is 11.6 Å². The molecule has 3 aromatic rings. The summed E-state index contributed by atoms with van der Waals surface area (Å²) in [6, 6.07) is 23.0. The molecule has 0 radical (unpaired) electrons. The molecule has 0 aromatic heterocycles. The Hall–Kier alpha value is -3.18. The number of aryl methyl sites for hydroxylation is 2. The molecular weight excluding hydrogens is 370 g/mol. The molecule has 0 aliphatic rings. The lowest BCUT2D eigenvalue weighted by molar-refractivity contribution is -0.113. The van der Waals surface area contributed by atoms with E-state index in [-0.39, 0.29) is 10.5 Å². The van der Waals surface area contributed by atoms with Gasteiger partial charge in [-0.1, -0.05) is 72.3 Å². The summed E-state index contributed by atoms with van der Waals surface area (Å²) >= 11 is 0. The fraction of sp³-hybridized carbons (Fsp3) is 0.0870. The Morgan fingerprint density at radius 1 is 0.821 bits per heavy atom. The molecule has 28 heavy (non-hydrogen) atoms. The molecule has 3 aromatic carbocycles. The lowest BCUT2D eigenvalue weighted by Crippen LogP contribution is -2.31. The van der Waals surface area contributed by atoms with Gasteiger partial charge in [-0.25, -0.2) is 13.1 Å². The van der Waals surface area contributed by atoms with Crippen molar-refractivity contribution < 1.29 is 13.2 Å². The summed E-state index contributed by atoms with van der Waals surface area (Å²) in [5, 5.41) is 0. The molecule has 1 amide bonds. The molecule has 0 fully saturated rings. The quantitative estimate of drug-likeness (QED) is 0.519. The zero-order chi connectivity index (χ0) is 20.1. The third-order valence-electron chi connectivity index (χ3n) is 4.38. The van der Waals surface area contributed by atoms with Crippen molar-refractivity contribution in [2.75, 3.05) is 0 Å². The number of carbonyl (C=O) groups excluding carboxylic acids is 1. The van der Waals surface area contributed by atoms with Crippen LogP contribution in [0.15, 0.2) is 83.8 Å². The largest absolute Gasteiger partial charge is 0.268 e. The van der Waals surface area contributed by atoms with Crippen LogP contribution in [0.4, 0.5) is 0 Å². The Labute approximate surface area is 165 Å². The number of nitrogens with one attached hydrogen (secondary N) is 1. The van der Waals surface area contributed by atoms with Crippen LogP contribution >= 0.6 is 0 Å². The van der Waals surface area contributed by atoms with Gasteiger partial charge in [0.15, 0.2) is 0 Å². The van der Waals surface area contributed by atoms with Crippen molar-refractivity contribution in [3.63, 3.8) is 0 Å². The second-order valence-corrected chi connectivity index (χ2v) is 8.21. The van der Waals surface area contributed by atoms with Gasteiger partial charge in [-0.05, 0) is 48.7 Å². The Bertz CT molecular complexity index is 1120. The zero-order valence-electron chi connectivity index (χ0n) is 15.7. The molecule has 1 N–H and O–H groups in total. The van der Waals surface area contributed by atoms with E-state index in [1.54, 1.807) is 30.3 Å². The van der Waals surface area contributed by atoms with E-state index in [2.05, 4.69) is 4.72 Å². The minimum absolute atomic E-state index is 0.0507. The smallest absolute Gasteiger partial charge is 0.265 e. The van der Waals surface area contributed by atoms with Crippen molar-refractivity contribution in [3.05, 3.63) is 101 Å². The highest BCUT2D eigenvalue weighted by Crippen LogP contribution is 2.21. The van der Waals surface area contributed by atoms with E-state index in [0.717, 1.165) is 16.7 Å². The third-order valence-corrected chi connectivity index (χ3v) is 5.72. The van der Waals surface area contributed by atoms with Gasteiger partial charge in [-0.3, -0.25) is 4.79 Å². The fourth-order valence-corrected chi connectivity index (χ4v) is 3.72. The molecule has 0 saturated carbocycles. The number of rotatable bonds is 5. The number of hydrogen-bond donors (Lipinski definition) is 1. The van der Waals surface area contributed by atoms with Gasteiger partial charge in [0.1, 0.15) is 0 Å². The maximum Gasteiger partial charge on any atom is 0.265 e. The zero-order valence-corrected chi connectivity index (χ0v) is 16.5. The summed E-state index contributed by atoms with van der Waals surface area (Å²) in [4.78, 5) is 13.0. The lowest BCUT2D eigenvalue weighted by atomic mass is 10.00. The molecule has 0 atom stereocenters. The number of carbonyl (C=O) groups is 1. The summed E-state index contributed by atoms with van der Waals surface area (Å²) < 4.78 is 27.5. The molecule has 0 aliphatic carbocycles. The highest BCUT2D eigenvalue weighted by Gasteiger charge is 2.21. The Morgan fingerprint density at radius 3 is 2.07 bits per heavy atom. The predicted molar refractivity (Wildman–Crippen MR) is 112 cm³/mol. The molecule has 3 rings (SSSR count). The molecule has 0 unspecified atom stereocenters. The average molecular weight is 391 g/mol. The molecular formula is C23H21NO3S. The monoisotopic (exact) mass is 391 g/mol. The maximum atomic E-state index is 13.0. The van der Waals surface area contributed by atoms with Gasteiger partial charge < -0.3 is 0 Å². The first-order valence-corrected chi connectivity index (χ1v) is 10.3.